The van der Waals surface area contributed by atoms with Crippen LogP contribution in [0, 0.1) is 5.92 Å². The lowest BCUT2D eigenvalue weighted by Crippen LogP contribution is -1.98. The molecular formula is C23H21ClN4S. The summed E-state index contributed by atoms with van der Waals surface area (Å²) in [6.45, 7) is 0. The Labute approximate surface area is 179 Å². The van der Waals surface area contributed by atoms with Crippen molar-refractivity contribution in [3.63, 3.8) is 0 Å². The third-order valence-corrected chi connectivity index (χ3v) is 7.10. The topological polar surface area (TPSA) is 54.5 Å². The number of hydrogen-bond acceptors (Lipinski definition) is 4. The SMILES string of the molecule is Clc1ccc(-c2sc(-c3nnn[nH]3)cc2-c2cccc(CC3CCCC3)c2)cc1. The van der Waals surface area contributed by atoms with Crippen LogP contribution < -0.4 is 0 Å². The fraction of sp³-hybridized carbons (Fsp3) is 0.261. The third-order valence-electron chi connectivity index (χ3n) is 5.65. The third kappa shape index (κ3) is 3.98. The number of thiophene rings is 1. The summed E-state index contributed by atoms with van der Waals surface area (Å²) in [5.74, 6) is 1.53. The molecule has 0 saturated heterocycles. The number of benzene rings is 2. The molecule has 4 nitrogen and oxygen atoms in total. The maximum absolute atomic E-state index is 6.12. The quantitative estimate of drug-likeness (QED) is 0.393. The van der Waals surface area contributed by atoms with Gasteiger partial charge < -0.3 is 0 Å². The first-order valence-corrected chi connectivity index (χ1v) is 11.2. The molecule has 146 valence electrons. The van der Waals surface area contributed by atoms with Gasteiger partial charge in [0.25, 0.3) is 0 Å². The van der Waals surface area contributed by atoms with Crippen molar-refractivity contribution in [1.82, 2.24) is 20.6 Å². The van der Waals surface area contributed by atoms with Gasteiger partial charge in [-0.15, -0.1) is 16.4 Å². The van der Waals surface area contributed by atoms with E-state index < -0.39 is 0 Å². The van der Waals surface area contributed by atoms with Crippen LogP contribution in [0.15, 0.2) is 54.6 Å². The van der Waals surface area contributed by atoms with Crippen molar-refractivity contribution in [2.45, 2.75) is 32.1 Å². The second kappa shape index (κ2) is 8.09. The fourth-order valence-electron chi connectivity index (χ4n) is 4.22. The molecule has 0 radical (unpaired) electrons. The van der Waals surface area contributed by atoms with E-state index in [2.05, 4.69) is 63.1 Å². The molecule has 4 aromatic rings. The number of H-pyrrole nitrogens is 1. The average Bonchev–Trinajstić information content (AvgIpc) is 3.50. The van der Waals surface area contributed by atoms with Gasteiger partial charge in [0.1, 0.15) is 0 Å². The van der Waals surface area contributed by atoms with E-state index in [1.165, 1.54) is 53.7 Å². The lowest BCUT2D eigenvalue weighted by Gasteiger charge is -2.11. The number of nitrogens with zero attached hydrogens (tertiary/aromatic N) is 3. The van der Waals surface area contributed by atoms with Crippen LogP contribution >= 0.6 is 22.9 Å². The summed E-state index contributed by atoms with van der Waals surface area (Å²) in [7, 11) is 0. The van der Waals surface area contributed by atoms with Crippen LogP contribution in [0.3, 0.4) is 0 Å². The molecule has 0 spiro atoms. The minimum atomic E-state index is 0.693. The molecule has 1 aliphatic carbocycles. The summed E-state index contributed by atoms with van der Waals surface area (Å²) in [5.41, 5.74) is 5.01. The first-order chi connectivity index (χ1) is 14.3. The van der Waals surface area contributed by atoms with Gasteiger partial charge in [-0.25, -0.2) is 5.10 Å². The fourth-order valence-corrected chi connectivity index (χ4v) is 5.46. The van der Waals surface area contributed by atoms with Crippen LogP contribution in [0.25, 0.3) is 32.3 Å². The number of hydrogen-bond donors (Lipinski definition) is 1. The van der Waals surface area contributed by atoms with Crippen LogP contribution in [-0.4, -0.2) is 20.6 Å². The highest BCUT2D eigenvalue weighted by atomic mass is 35.5. The van der Waals surface area contributed by atoms with Crippen molar-refractivity contribution in [1.29, 1.82) is 0 Å². The highest BCUT2D eigenvalue weighted by Gasteiger charge is 2.18. The van der Waals surface area contributed by atoms with Gasteiger partial charge in [-0.2, -0.15) is 0 Å². The Balaban J connectivity index is 1.57. The normalized spacial score (nSPS) is 14.5. The van der Waals surface area contributed by atoms with Crippen molar-refractivity contribution < 1.29 is 0 Å². The van der Waals surface area contributed by atoms with E-state index in [1.807, 2.05) is 12.1 Å². The van der Waals surface area contributed by atoms with Crippen LogP contribution in [0.1, 0.15) is 31.2 Å². The molecule has 0 unspecified atom stereocenters. The predicted molar refractivity (Wildman–Crippen MR) is 119 cm³/mol. The standard InChI is InChI=1S/C23H21ClN4S/c24-19-10-8-17(9-11-19)22-20(14-21(29-22)23-25-27-28-26-23)18-7-3-6-16(13-18)12-15-4-1-2-5-15/h3,6-11,13-15H,1-2,4-5,12H2,(H,25,26,27,28). The van der Waals surface area contributed by atoms with Crippen molar-refractivity contribution in [2.75, 3.05) is 0 Å². The number of rotatable bonds is 5. The van der Waals surface area contributed by atoms with Gasteiger partial charge in [-0.05, 0) is 57.7 Å². The zero-order chi connectivity index (χ0) is 19.6. The molecule has 29 heavy (non-hydrogen) atoms. The summed E-state index contributed by atoms with van der Waals surface area (Å²) in [6, 6.07) is 19.2. The van der Waals surface area contributed by atoms with Crippen molar-refractivity contribution in [3.05, 3.63) is 65.2 Å². The van der Waals surface area contributed by atoms with Gasteiger partial charge in [-0.1, -0.05) is 73.7 Å². The monoisotopic (exact) mass is 420 g/mol. The van der Waals surface area contributed by atoms with Crippen molar-refractivity contribution >= 4 is 22.9 Å². The maximum atomic E-state index is 6.12. The summed E-state index contributed by atoms with van der Waals surface area (Å²) < 4.78 is 0. The summed E-state index contributed by atoms with van der Waals surface area (Å²) in [4.78, 5) is 2.22. The second-order valence-corrected chi connectivity index (χ2v) is 9.15. The van der Waals surface area contributed by atoms with E-state index in [4.69, 9.17) is 11.6 Å². The molecule has 2 aromatic heterocycles. The van der Waals surface area contributed by atoms with E-state index in [0.29, 0.717) is 5.82 Å². The van der Waals surface area contributed by atoms with E-state index in [0.717, 1.165) is 21.4 Å². The van der Waals surface area contributed by atoms with Gasteiger partial charge in [0.05, 0.1) is 4.88 Å². The molecule has 0 bridgehead atoms. The molecule has 1 N–H and O–H groups in total. The number of nitrogens with one attached hydrogen (secondary N) is 1. The first kappa shape index (κ1) is 18.5. The second-order valence-electron chi connectivity index (χ2n) is 7.67. The summed E-state index contributed by atoms with van der Waals surface area (Å²) in [5, 5.41) is 15.2. The average molecular weight is 421 g/mol. The van der Waals surface area contributed by atoms with E-state index in [-0.39, 0.29) is 0 Å². The first-order valence-electron chi connectivity index (χ1n) is 9.99. The molecule has 1 fully saturated rings. The van der Waals surface area contributed by atoms with Gasteiger partial charge in [0.15, 0.2) is 5.82 Å². The lowest BCUT2D eigenvalue weighted by atomic mass is 9.94. The molecule has 6 heteroatoms. The lowest BCUT2D eigenvalue weighted by molar-refractivity contribution is 0.546. The van der Waals surface area contributed by atoms with Gasteiger partial charge in [0.2, 0.25) is 0 Å². The van der Waals surface area contributed by atoms with Crippen LogP contribution in [-0.2, 0) is 6.42 Å². The van der Waals surface area contributed by atoms with Crippen molar-refractivity contribution in [3.8, 4) is 32.3 Å². The largest absolute Gasteiger partial charge is 0.238 e. The van der Waals surface area contributed by atoms with E-state index in [1.54, 1.807) is 11.3 Å². The highest BCUT2D eigenvalue weighted by Crippen LogP contribution is 2.43. The Kier molecular flexibility index (Phi) is 5.17. The summed E-state index contributed by atoms with van der Waals surface area (Å²) in [6.07, 6.45) is 6.66. The Bertz CT molecular complexity index is 1100. The highest BCUT2D eigenvalue weighted by molar-refractivity contribution is 7.19. The minimum absolute atomic E-state index is 0.693. The van der Waals surface area contributed by atoms with Crippen LogP contribution in [0.4, 0.5) is 0 Å². The molecule has 2 heterocycles. The van der Waals surface area contributed by atoms with E-state index in [9.17, 15) is 0 Å². The molecule has 0 aliphatic heterocycles. The Morgan fingerprint density at radius 3 is 2.59 bits per heavy atom. The number of aromatic nitrogens is 4. The van der Waals surface area contributed by atoms with Gasteiger partial charge in [-0.3, -0.25) is 0 Å². The van der Waals surface area contributed by atoms with Crippen LogP contribution in [0.2, 0.25) is 5.02 Å². The van der Waals surface area contributed by atoms with Gasteiger partial charge >= 0.3 is 0 Å². The molecule has 5 rings (SSSR count). The number of halogens is 1. The molecule has 2 aromatic carbocycles. The Morgan fingerprint density at radius 1 is 1.00 bits per heavy atom. The zero-order valence-electron chi connectivity index (χ0n) is 15.9. The molecule has 0 amide bonds. The minimum Gasteiger partial charge on any atom is -0.238 e. The smallest absolute Gasteiger partial charge is 0.189 e. The summed E-state index contributed by atoms with van der Waals surface area (Å²) >= 11 is 7.81. The molecular weight excluding hydrogens is 400 g/mol. The number of tetrazole rings is 1. The Hall–Kier alpha value is -2.50. The van der Waals surface area contributed by atoms with Gasteiger partial charge in [0, 0.05) is 15.5 Å². The van der Waals surface area contributed by atoms with E-state index >= 15 is 0 Å². The van der Waals surface area contributed by atoms with Crippen molar-refractivity contribution in [2.24, 2.45) is 5.92 Å². The number of aromatic amines is 1. The maximum Gasteiger partial charge on any atom is 0.189 e. The zero-order valence-corrected chi connectivity index (χ0v) is 17.5. The van der Waals surface area contributed by atoms with Crippen LogP contribution in [0.5, 0.6) is 0 Å². The molecule has 1 aliphatic rings. The Morgan fingerprint density at radius 2 is 1.83 bits per heavy atom. The molecule has 1 saturated carbocycles. The predicted octanol–water partition coefficient (Wildman–Crippen LogP) is 6.65. The molecule has 0 atom stereocenters.